The van der Waals surface area contributed by atoms with E-state index in [2.05, 4.69) is 4.98 Å². The van der Waals surface area contributed by atoms with E-state index in [1.807, 2.05) is 0 Å². The lowest BCUT2D eigenvalue weighted by Crippen LogP contribution is -2.36. The van der Waals surface area contributed by atoms with E-state index < -0.39 is 28.7 Å². The average Bonchev–Trinajstić information content (AvgIpc) is 2.94. The fraction of sp³-hybridized carbons (Fsp3) is 0.111. The van der Waals surface area contributed by atoms with E-state index in [1.165, 1.54) is 28.1 Å². The predicted octanol–water partition coefficient (Wildman–Crippen LogP) is 2.45. The van der Waals surface area contributed by atoms with Gasteiger partial charge in [0.25, 0.3) is 17.0 Å². The minimum atomic E-state index is -0.676. The molecule has 1 aliphatic heterocycles. The number of carbonyl (C=O) groups excluding carboxylic acids is 3. The molecule has 5 rings (SSSR count). The first kappa shape index (κ1) is 26.9. The standard InChI is InChI=1S/C16H13N3O4S.C11H9NO3/c1-18-11-6-4-3-5-8(11)12(20)9(14(18)22)7-10-13(21)17-16(24)19(2)15(10)23;1-12-9-5-3-2-4-7(9)10(14)8(6-13)11(12)15/h3-7,23H,1-2H3,(H,17,21,24);2-6,14H,1H3. The van der Waals surface area contributed by atoms with Crippen LogP contribution in [0.3, 0.4) is 0 Å². The first-order chi connectivity index (χ1) is 18.5. The number of amides is 1. The summed E-state index contributed by atoms with van der Waals surface area (Å²) in [7, 11) is 4.57. The summed E-state index contributed by atoms with van der Waals surface area (Å²) < 4.78 is 2.56. The molecule has 0 saturated heterocycles. The Labute approximate surface area is 225 Å². The fourth-order valence-corrected chi connectivity index (χ4v) is 4.31. The average molecular weight is 547 g/mol. The number of H-pyrrole nitrogens is 1. The number of hydrogen-bond donors (Lipinski definition) is 3. The van der Waals surface area contributed by atoms with Crippen molar-refractivity contribution in [3.05, 3.63) is 96.3 Å². The molecule has 3 heterocycles. The van der Waals surface area contributed by atoms with Gasteiger partial charge >= 0.3 is 0 Å². The summed E-state index contributed by atoms with van der Waals surface area (Å²) in [5.41, 5.74) is -0.307. The van der Waals surface area contributed by atoms with Crippen molar-refractivity contribution >= 4 is 52.9 Å². The van der Waals surface area contributed by atoms with E-state index in [0.29, 0.717) is 28.4 Å². The monoisotopic (exact) mass is 546 g/mol. The zero-order valence-electron chi connectivity index (χ0n) is 21.0. The number of aldehydes is 1. The van der Waals surface area contributed by atoms with Gasteiger partial charge in [0.15, 0.2) is 11.1 Å². The third-order valence-electron chi connectivity index (χ3n) is 6.34. The molecule has 0 saturated carbocycles. The molecule has 3 N–H and O–H groups in total. The quantitative estimate of drug-likeness (QED) is 0.150. The van der Waals surface area contributed by atoms with Gasteiger partial charge in [0.1, 0.15) is 16.9 Å². The molecule has 12 heteroatoms. The molecule has 0 unspecified atom stereocenters. The number of anilines is 1. The Balaban J connectivity index is 0.000000202. The van der Waals surface area contributed by atoms with Gasteiger partial charge in [0, 0.05) is 32.1 Å². The molecule has 1 aliphatic rings. The number of Topliss-reactive ketones (excluding diaryl/α,β-unsaturated/α-hetero) is 1. The van der Waals surface area contributed by atoms with E-state index in [1.54, 1.807) is 55.6 Å². The lowest BCUT2D eigenvalue weighted by Gasteiger charge is -2.26. The lowest BCUT2D eigenvalue weighted by molar-refractivity contribution is -0.114. The SMILES string of the molecule is CN1C(=O)C(=Cc2c(O)n(C)c(=S)[nH]c2=O)C(=O)c2ccccc21.Cn1c(=O)c(C=O)c(O)c2ccccc21. The van der Waals surface area contributed by atoms with Crippen LogP contribution >= 0.6 is 12.2 Å². The molecule has 0 bridgehead atoms. The van der Waals surface area contributed by atoms with Crippen molar-refractivity contribution in [1.82, 2.24) is 14.1 Å². The second kappa shape index (κ2) is 10.3. The van der Waals surface area contributed by atoms with Crippen molar-refractivity contribution in [2.45, 2.75) is 0 Å². The van der Waals surface area contributed by atoms with Crippen LogP contribution in [0.25, 0.3) is 17.0 Å². The van der Waals surface area contributed by atoms with Gasteiger partial charge in [0.05, 0.1) is 16.8 Å². The number of benzene rings is 2. The zero-order valence-corrected chi connectivity index (χ0v) is 21.8. The molecule has 0 aliphatic carbocycles. The summed E-state index contributed by atoms with van der Waals surface area (Å²) in [5, 5.41) is 20.3. The van der Waals surface area contributed by atoms with Crippen LogP contribution in [-0.2, 0) is 18.9 Å². The van der Waals surface area contributed by atoms with Crippen LogP contribution < -0.4 is 16.0 Å². The number of nitrogens with zero attached hydrogens (tertiary/aromatic N) is 3. The first-order valence-corrected chi connectivity index (χ1v) is 11.8. The second-order valence-corrected chi connectivity index (χ2v) is 8.97. The number of aromatic amines is 1. The summed E-state index contributed by atoms with van der Waals surface area (Å²) >= 11 is 4.89. The highest BCUT2D eigenvalue weighted by atomic mass is 32.1. The number of aryl methyl sites for hydroxylation is 1. The van der Waals surface area contributed by atoms with E-state index in [9.17, 15) is 34.2 Å². The van der Waals surface area contributed by atoms with Crippen molar-refractivity contribution < 1.29 is 24.6 Å². The molecule has 0 fully saturated rings. The van der Waals surface area contributed by atoms with Crippen molar-refractivity contribution in [1.29, 1.82) is 0 Å². The van der Waals surface area contributed by atoms with Gasteiger partial charge in [-0.2, -0.15) is 0 Å². The van der Waals surface area contributed by atoms with Crippen molar-refractivity contribution in [2.24, 2.45) is 14.1 Å². The van der Waals surface area contributed by atoms with E-state index >= 15 is 0 Å². The van der Waals surface area contributed by atoms with Crippen LogP contribution in [0, 0.1) is 4.77 Å². The maximum Gasteiger partial charge on any atom is 0.265 e. The Morgan fingerprint density at radius 1 is 0.872 bits per heavy atom. The molecule has 1 amide bonds. The third-order valence-corrected chi connectivity index (χ3v) is 6.71. The van der Waals surface area contributed by atoms with E-state index in [-0.39, 0.29) is 27.2 Å². The van der Waals surface area contributed by atoms with Gasteiger partial charge in [-0.1, -0.05) is 24.3 Å². The molecular formula is C27H22N4O7S. The first-order valence-electron chi connectivity index (χ1n) is 11.4. The van der Waals surface area contributed by atoms with Crippen molar-refractivity contribution in [3.63, 3.8) is 0 Å². The van der Waals surface area contributed by atoms with Gasteiger partial charge in [0.2, 0.25) is 11.7 Å². The van der Waals surface area contributed by atoms with Crippen LogP contribution in [0.2, 0.25) is 0 Å². The molecule has 198 valence electrons. The maximum absolute atomic E-state index is 12.6. The molecule has 2 aromatic carbocycles. The topological polar surface area (TPSA) is 155 Å². The number of ketones is 1. The van der Waals surface area contributed by atoms with Crippen molar-refractivity contribution in [2.75, 3.05) is 11.9 Å². The Morgan fingerprint density at radius 3 is 2.21 bits per heavy atom. The normalized spacial score (nSPS) is 13.7. The number of aromatic nitrogens is 3. The van der Waals surface area contributed by atoms with Crippen LogP contribution in [0.5, 0.6) is 11.6 Å². The molecule has 0 radical (unpaired) electrons. The van der Waals surface area contributed by atoms with Gasteiger partial charge in [-0.25, -0.2) is 0 Å². The number of hydrogen-bond acceptors (Lipinski definition) is 8. The fourth-order valence-electron chi connectivity index (χ4n) is 4.13. The van der Waals surface area contributed by atoms with Crippen LogP contribution in [0.4, 0.5) is 5.69 Å². The molecule has 2 aromatic heterocycles. The van der Waals surface area contributed by atoms with Crippen LogP contribution in [-0.4, -0.2) is 49.4 Å². The summed E-state index contributed by atoms with van der Waals surface area (Å²) in [4.78, 5) is 63.1. The highest BCUT2D eigenvalue weighted by Gasteiger charge is 2.33. The zero-order chi connectivity index (χ0) is 28.6. The Kier molecular flexibility index (Phi) is 7.15. The molecule has 0 atom stereocenters. The molecule has 0 spiro atoms. The van der Waals surface area contributed by atoms with Gasteiger partial charge in [-0.3, -0.25) is 33.5 Å². The van der Waals surface area contributed by atoms with Gasteiger partial charge in [-0.15, -0.1) is 0 Å². The highest BCUT2D eigenvalue weighted by Crippen LogP contribution is 2.30. The third kappa shape index (κ3) is 4.57. The largest absolute Gasteiger partial charge is 0.506 e. The molecule has 39 heavy (non-hydrogen) atoms. The summed E-state index contributed by atoms with van der Waals surface area (Å²) in [6, 6.07) is 13.6. The van der Waals surface area contributed by atoms with E-state index in [4.69, 9.17) is 12.2 Å². The second-order valence-electron chi connectivity index (χ2n) is 8.59. The van der Waals surface area contributed by atoms with Crippen molar-refractivity contribution in [3.8, 4) is 11.6 Å². The Hall–Kier alpha value is -5.10. The summed E-state index contributed by atoms with van der Waals surface area (Å²) in [5.74, 6) is -1.72. The Bertz CT molecular complexity index is 1900. The highest BCUT2D eigenvalue weighted by molar-refractivity contribution is 7.71. The number of likely N-dealkylation sites (N-methyl/N-ethyl adjacent to an activating group) is 1. The van der Waals surface area contributed by atoms with Crippen LogP contribution in [0.1, 0.15) is 26.3 Å². The minimum Gasteiger partial charge on any atom is -0.506 e. The van der Waals surface area contributed by atoms with Gasteiger partial charge in [-0.05, 0) is 42.6 Å². The molecule has 4 aromatic rings. The predicted molar refractivity (Wildman–Crippen MR) is 147 cm³/mol. The minimum absolute atomic E-state index is 0.0309. The number of para-hydroxylation sites is 2. The number of rotatable bonds is 2. The number of carbonyl (C=O) groups is 3. The molecule has 11 nitrogen and oxygen atoms in total. The van der Waals surface area contributed by atoms with Gasteiger partial charge < -0.3 is 19.7 Å². The number of aromatic hydroxyl groups is 2. The molecular weight excluding hydrogens is 524 g/mol. The summed E-state index contributed by atoms with van der Waals surface area (Å²) in [6.07, 6.45) is 1.48. The number of fused-ring (bicyclic) bond motifs is 2. The maximum atomic E-state index is 12.6. The number of nitrogens with one attached hydrogen (secondary N) is 1. The summed E-state index contributed by atoms with van der Waals surface area (Å²) in [6.45, 7) is 0. The van der Waals surface area contributed by atoms with E-state index in [0.717, 1.165) is 6.08 Å². The Morgan fingerprint density at radius 2 is 1.51 bits per heavy atom. The smallest absolute Gasteiger partial charge is 0.265 e. The van der Waals surface area contributed by atoms with Crippen LogP contribution in [0.15, 0.2) is 63.7 Å². The lowest BCUT2D eigenvalue weighted by atomic mass is 9.94. The number of pyridine rings is 1.